The summed E-state index contributed by atoms with van der Waals surface area (Å²) in [6, 6.07) is 10.3. The summed E-state index contributed by atoms with van der Waals surface area (Å²) < 4.78 is 24.8. The van der Waals surface area contributed by atoms with Gasteiger partial charge in [0, 0.05) is 63.9 Å². The molecule has 0 radical (unpaired) electrons. The molecular weight excluding hydrogens is 823 g/mol. The van der Waals surface area contributed by atoms with Gasteiger partial charge in [0.15, 0.2) is 6.29 Å². The third kappa shape index (κ3) is 12.0. The molecule has 344 valence electrons. The quantitative estimate of drug-likeness (QED) is 0.0437. The van der Waals surface area contributed by atoms with Crippen molar-refractivity contribution < 1.29 is 33.4 Å². The number of amides is 1. The Balaban J connectivity index is 0.000000556. The standard InChI is InChI=1S/C35H41N9O6.C7H10N2O.2CH5N/c1-5-44-28(13-22(2)41-44)33(47)40-35-39-26-14-23(20-45)16-29(48-4)31(26)43(35)10-7-6-9-42-32-27(38-34(42)36-3)15-24(21-46)17-30(32)50-12-8-11-49-25-18-37-19-25;1-3-9-7(5-10)4-6(2)8-9;2*1-2/h6-7,13-17,20-21,25,37H,5,8-12,18-19H2,1-4H3,(H,36,38)(H,39,40,47);4-5H,3H2,1-2H3;2*2H2,1H3/b7-6+;;;. The number of hydrogen-bond donors (Lipinski definition) is 5. The molecule has 0 saturated carbocycles. The Hall–Kier alpha value is -6.74. The fraction of sp³-hybridized carbons (Fsp3) is 0.409. The highest BCUT2D eigenvalue weighted by molar-refractivity contribution is 6.03. The van der Waals surface area contributed by atoms with Gasteiger partial charge in [0.25, 0.3) is 5.91 Å². The second-order valence-corrected chi connectivity index (χ2v) is 14.0. The molecule has 6 aromatic rings. The third-order valence-corrected chi connectivity index (χ3v) is 9.77. The number of allylic oxidation sites excluding steroid dienone is 2. The average Bonchev–Trinajstić information content (AvgIpc) is 4.08. The number of nitrogens with one attached hydrogen (secondary N) is 3. The third-order valence-electron chi connectivity index (χ3n) is 9.77. The number of aromatic nitrogens is 8. The van der Waals surface area contributed by atoms with Gasteiger partial charge in [0.2, 0.25) is 11.9 Å². The highest BCUT2D eigenvalue weighted by Gasteiger charge is 2.21. The fourth-order valence-corrected chi connectivity index (χ4v) is 6.82. The summed E-state index contributed by atoms with van der Waals surface area (Å²) in [5, 5.41) is 17.8. The van der Waals surface area contributed by atoms with Crippen LogP contribution >= 0.6 is 0 Å². The van der Waals surface area contributed by atoms with Gasteiger partial charge in [0.05, 0.1) is 48.8 Å². The molecule has 2 aromatic carbocycles. The number of rotatable bonds is 19. The maximum atomic E-state index is 13.4. The largest absolute Gasteiger partial charge is 0.494 e. The lowest BCUT2D eigenvalue weighted by Crippen LogP contribution is -2.48. The number of methoxy groups -OCH3 is 1. The summed E-state index contributed by atoms with van der Waals surface area (Å²) in [6.45, 7) is 12.3. The van der Waals surface area contributed by atoms with Crippen LogP contribution in [0, 0.1) is 13.8 Å². The van der Waals surface area contributed by atoms with Crippen LogP contribution in [0.4, 0.5) is 11.9 Å². The predicted molar refractivity (Wildman–Crippen MR) is 247 cm³/mol. The van der Waals surface area contributed by atoms with Crippen molar-refractivity contribution in [2.45, 2.75) is 66.4 Å². The first-order chi connectivity index (χ1) is 31.1. The molecule has 0 spiro atoms. The lowest BCUT2D eigenvalue weighted by atomic mass is 10.2. The van der Waals surface area contributed by atoms with Gasteiger partial charge in [-0.25, -0.2) is 9.97 Å². The van der Waals surface area contributed by atoms with E-state index in [4.69, 9.17) is 19.2 Å². The minimum absolute atomic E-state index is 0.254. The van der Waals surface area contributed by atoms with Gasteiger partial charge < -0.3 is 45.4 Å². The molecule has 20 heteroatoms. The molecule has 1 aliphatic rings. The second kappa shape index (κ2) is 24.8. The molecule has 1 aliphatic heterocycles. The number of nitrogens with two attached hydrogens (primary N) is 2. The van der Waals surface area contributed by atoms with Crippen LogP contribution in [0.5, 0.6) is 11.5 Å². The normalized spacial score (nSPS) is 12.0. The minimum Gasteiger partial charge on any atom is -0.494 e. The number of aldehydes is 3. The van der Waals surface area contributed by atoms with Gasteiger partial charge in [-0.15, -0.1) is 0 Å². The number of imidazole rings is 2. The predicted octanol–water partition coefficient (Wildman–Crippen LogP) is 4.03. The van der Waals surface area contributed by atoms with Gasteiger partial charge in [0.1, 0.15) is 46.5 Å². The summed E-state index contributed by atoms with van der Waals surface area (Å²) in [4.78, 5) is 56.6. The van der Waals surface area contributed by atoms with E-state index in [0.717, 1.165) is 55.4 Å². The molecule has 4 aromatic heterocycles. The van der Waals surface area contributed by atoms with E-state index in [1.807, 2.05) is 49.0 Å². The van der Waals surface area contributed by atoms with Gasteiger partial charge in [-0.05, 0) is 78.2 Å². The molecule has 1 fully saturated rings. The first kappa shape index (κ1) is 49.9. The lowest BCUT2D eigenvalue weighted by molar-refractivity contribution is 0.0136. The molecule has 7 rings (SSSR count). The molecule has 1 saturated heterocycles. The van der Waals surface area contributed by atoms with E-state index in [0.29, 0.717) is 95.8 Å². The number of carbonyl (C=O) groups is 4. The number of fused-ring (bicyclic) bond motifs is 2. The zero-order valence-corrected chi connectivity index (χ0v) is 37.9. The van der Waals surface area contributed by atoms with Crippen LogP contribution in [0.25, 0.3) is 22.1 Å². The first-order valence-electron chi connectivity index (χ1n) is 21.0. The Bertz CT molecular complexity index is 2510. The highest BCUT2D eigenvalue weighted by atomic mass is 16.5. The van der Waals surface area contributed by atoms with Crippen LogP contribution in [0.15, 0.2) is 48.6 Å². The van der Waals surface area contributed by atoms with Gasteiger partial charge >= 0.3 is 0 Å². The summed E-state index contributed by atoms with van der Waals surface area (Å²) >= 11 is 0. The molecule has 20 nitrogen and oxygen atoms in total. The van der Waals surface area contributed by atoms with E-state index in [1.165, 1.54) is 21.2 Å². The molecular formula is C44H61N13O7. The van der Waals surface area contributed by atoms with Crippen molar-refractivity contribution >= 4 is 58.7 Å². The molecule has 0 aliphatic carbocycles. The van der Waals surface area contributed by atoms with E-state index < -0.39 is 0 Å². The smallest absolute Gasteiger partial charge is 0.276 e. The van der Waals surface area contributed by atoms with Crippen LogP contribution < -0.4 is 36.9 Å². The lowest BCUT2D eigenvalue weighted by Gasteiger charge is -2.27. The van der Waals surface area contributed by atoms with Crippen molar-refractivity contribution in [1.29, 1.82) is 0 Å². The Kier molecular flexibility index (Phi) is 19.3. The number of nitrogens with zero attached hydrogens (tertiary/aromatic N) is 8. The Morgan fingerprint density at radius 3 is 1.88 bits per heavy atom. The highest BCUT2D eigenvalue weighted by Crippen LogP contribution is 2.32. The van der Waals surface area contributed by atoms with E-state index in [9.17, 15) is 19.2 Å². The number of benzene rings is 2. The Labute approximate surface area is 372 Å². The SMILES string of the molecule is CCn1nc(C)cc1C(=O)Nc1nc2cc(C=O)cc(OC)c2n1C/C=C/Cn1c(NC)nc2cc(C=O)cc(OCCCOC3CNC3)c21.CCn1nc(C)cc1C=O.CN.CN. The zero-order chi connectivity index (χ0) is 46.8. The molecule has 0 bridgehead atoms. The van der Waals surface area contributed by atoms with Gasteiger partial charge in [-0.2, -0.15) is 10.2 Å². The fourth-order valence-electron chi connectivity index (χ4n) is 6.82. The van der Waals surface area contributed by atoms with Crippen molar-refractivity contribution in [3.8, 4) is 11.5 Å². The number of hydrogen-bond acceptors (Lipinski definition) is 15. The maximum Gasteiger partial charge on any atom is 0.276 e. The minimum atomic E-state index is -0.361. The second-order valence-electron chi connectivity index (χ2n) is 14.0. The van der Waals surface area contributed by atoms with Gasteiger partial charge in [-0.3, -0.25) is 33.9 Å². The molecule has 7 N–H and O–H groups in total. The number of aryl methyl sites for hydroxylation is 4. The summed E-state index contributed by atoms with van der Waals surface area (Å²) in [7, 11) is 6.31. The number of ether oxygens (including phenoxy) is 3. The molecule has 64 heavy (non-hydrogen) atoms. The van der Waals surface area contributed by atoms with Crippen LogP contribution in [0.3, 0.4) is 0 Å². The van der Waals surface area contributed by atoms with Crippen LogP contribution in [0.2, 0.25) is 0 Å². The molecule has 1 amide bonds. The van der Waals surface area contributed by atoms with Crippen molar-refractivity contribution in [3.63, 3.8) is 0 Å². The zero-order valence-electron chi connectivity index (χ0n) is 37.9. The first-order valence-corrected chi connectivity index (χ1v) is 21.0. The van der Waals surface area contributed by atoms with Crippen LogP contribution in [-0.4, -0.2) is 124 Å². The van der Waals surface area contributed by atoms with E-state index in [-0.39, 0.29) is 18.0 Å². The summed E-state index contributed by atoms with van der Waals surface area (Å²) in [5.74, 6) is 1.53. The monoisotopic (exact) mass is 883 g/mol. The van der Waals surface area contributed by atoms with E-state index in [1.54, 1.807) is 52.8 Å². The van der Waals surface area contributed by atoms with Gasteiger partial charge in [-0.1, -0.05) is 12.2 Å². The van der Waals surface area contributed by atoms with Crippen LogP contribution in [-0.2, 0) is 30.9 Å². The van der Waals surface area contributed by atoms with E-state index >= 15 is 0 Å². The number of anilines is 2. The maximum absolute atomic E-state index is 13.4. The van der Waals surface area contributed by atoms with Crippen LogP contribution in [0.1, 0.15) is 73.3 Å². The molecule has 0 unspecified atom stereocenters. The Morgan fingerprint density at radius 2 is 1.34 bits per heavy atom. The topological polar surface area (TPSA) is 255 Å². The van der Waals surface area contributed by atoms with E-state index in [2.05, 4.69) is 42.6 Å². The number of carbonyl (C=O) groups excluding carboxylic acids is 4. The Morgan fingerprint density at radius 1 is 0.781 bits per heavy atom. The van der Waals surface area contributed by atoms with Crippen molar-refractivity contribution in [2.75, 3.05) is 65.2 Å². The molecule has 0 atom stereocenters. The molecule has 5 heterocycles. The van der Waals surface area contributed by atoms with Crippen molar-refractivity contribution in [3.05, 3.63) is 82.5 Å². The average molecular weight is 884 g/mol. The summed E-state index contributed by atoms with van der Waals surface area (Å²) in [5.41, 5.74) is 15.0. The van der Waals surface area contributed by atoms with Crippen molar-refractivity contribution in [1.82, 2.24) is 44.0 Å². The summed E-state index contributed by atoms with van der Waals surface area (Å²) in [6.07, 6.45) is 7.21. The van der Waals surface area contributed by atoms with Crippen molar-refractivity contribution in [2.24, 2.45) is 11.5 Å².